The van der Waals surface area contributed by atoms with Gasteiger partial charge in [0.05, 0.1) is 7.11 Å². The summed E-state index contributed by atoms with van der Waals surface area (Å²) < 4.78 is 11.1. The molecule has 0 unspecified atom stereocenters. The van der Waals surface area contributed by atoms with Gasteiger partial charge in [0.25, 0.3) is 0 Å². The fourth-order valence-corrected chi connectivity index (χ4v) is 2.38. The number of thiazole rings is 1. The van der Waals surface area contributed by atoms with Crippen molar-refractivity contribution >= 4 is 11.3 Å². The minimum atomic E-state index is -0.0236. The van der Waals surface area contributed by atoms with Gasteiger partial charge in [-0.05, 0) is 31.5 Å². The summed E-state index contributed by atoms with van der Waals surface area (Å²) in [4.78, 5) is 4.36. The number of methoxy groups -OCH3 is 1. The Bertz CT molecular complexity index is 552. The first-order valence-electron chi connectivity index (χ1n) is 6.07. The van der Waals surface area contributed by atoms with Crippen LogP contribution in [0.5, 0.6) is 11.5 Å². The number of ether oxygens (including phenoxy) is 2. The molecule has 102 valence electrons. The van der Waals surface area contributed by atoms with Crippen LogP contribution in [-0.2, 0) is 6.61 Å². The highest BCUT2D eigenvalue weighted by Gasteiger charge is 2.09. The van der Waals surface area contributed by atoms with Crippen molar-refractivity contribution in [3.05, 3.63) is 39.8 Å². The summed E-state index contributed by atoms with van der Waals surface area (Å²) in [7, 11) is 1.63. The Balaban J connectivity index is 2.11. The van der Waals surface area contributed by atoms with Gasteiger partial charge in [0.15, 0.2) is 11.5 Å². The second kappa shape index (κ2) is 6.04. The number of hydrogen-bond donors (Lipinski definition) is 1. The molecule has 0 saturated carbocycles. The van der Waals surface area contributed by atoms with E-state index < -0.39 is 0 Å². The lowest BCUT2D eigenvalue weighted by Crippen LogP contribution is -2.05. The number of aryl methyl sites for hydroxylation is 1. The monoisotopic (exact) mass is 278 g/mol. The maximum absolute atomic E-state index is 5.85. The zero-order valence-electron chi connectivity index (χ0n) is 11.3. The van der Waals surface area contributed by atoms with Gasteiger partial charge < -0.3 is 15.2 Å². The van der Waals surface area contributed by atoms with Crippen LogP contribution in [0, 0.1) is 6.92 Å². The Morgan fingerprint density at radius 3 is 2.74 bits per heavy atom. The largest absolute Gasteiger partial charge is 0.493 e. The smallest absolute Gasteiger partial charge is 0.161 e. The number of nitrogens with zero attached hydrogens (tertiary/aromatic N) is 1. The highest BCUT2D eigenvalue weighted by molar-refractivity contribution is 7.09. The Kier molecular flexibility index (Phi) is 4.39. The van der Waals surface area contributed by atoms with Gasteiger partial charge in [0, 0.05) is 17.1 Å². The standard InChI is InChI=1S/C14H18N2O2S/c1-9-8-19-14(16-9)7-18-12-5-4-11(10(2)15)6-13(12)17-3/h4-6,8,10H,7,15H2,1-3H3/t10-/m1/s1. The van der Waals surface area contributed by atoms with Crippen molar-refractivity contribution in [2.75, 3.05) is 7.11 Å². The van der Waals surface area contributed by atoms with Crippen molar-refractivity contribution in [1.29, 1.82) is 0 Å². The third kappa shape index (κ3) is 3.45. The fraction of sp³-hybridized carbons (Fsp3) is 0.357. The molecule has 5 heteroatoms. The quantitative estimate of drug-likeness (QED) is 0.913. The van der Waals surface area contributed by atoms with Gasteiger partial charge >= 0.3 is 0 Å². The Hall–Kier alpha value is -1.59. The van der Waals surface area contributed by atoms with E-state index in [1.165, 1.54) is 0 Å². The van der Waals surface area contributed by atoms with Gasteiger partial charge in [-0.1, -0.05) is 6.07 Å². The summed E-state index contributed by atoms with van der Waals surface area (Å²) in [6.07, 6.45) is 0. The van der Waals surface area contributed by atoms with Crippen LogP contribution in [0.25, 0.3) is 0 Å². The van der Waals surface area contributed by atoms with E-state index in [0.717, 1.165) is 16.3 Å². The normalized spacial score (nSPS) is 12.2. The predicted molar refractivity (Wildman–Crippen MR) is 76.8 cm³/mol. The number of benzene rings is 1. The van der Waals surface area contributed by atoms with Gasteiger partial charge in [-0.15, -0.1) is 11.3 Å². The average Bonchev–Trinajstić information content (AvgIpc) is 2.81. The molecule has 0 fully saturated rings. The lowest BCUT2D eigenvalue weighted by atomic mass is 10.1. The van der Waals surface area contributed by atoms with Crippen molar-refractivity contribution in [2.24, 2.45) is 5.73 Å². The molecular formula is C14H18N2O2S. The lowest BCUT2D eigenvalue weighted by Gasteiger charge is -2.13. The summed E-state index contributed by atoms with van der Waals surface area (Å²) in [5.41, 5.74) is 7.89. The second-order valence-electron chi connectivity index (χ2n) is 4.37. The van der Waals surface area contributed by atoms with Crippen LogP contribution in [-0.4, -0.2) is 12.1 Å². The average molecular weight is 278 g/mol. The molecule has 2 N–H and O–H groups in total. The van der Waals surface area contributed by atoms with Crippen LogP contribution in [0.2, 0.25) is 0 Å². The third-order valence-corrected chi connectivity index (χ3v) is 3.67. The Morgan fingerprint density at radius 2 is 2.16 bits per heavy atom. The Morgan fingerprint density at radius 1 is 1.37 bits per heavy atom. The molecule has 2 aromatic rings. The first kappa shape index (κ1) is 13.8. The topological polar surface area (TPSA) is 57.4 Å². The molecule has 1 heterocycles. The minimum Gasteiger partial charge on any atom is -0.493 e. The molecule has 1 atom stereocenters. The number of aromatic nitrogens is 1. The zero-order chi connectivity index (χ0) is 13.8. The van der Waals surface area contributed by atoms with E-state index in [-0.39, 0.29) is 6.04 Å². The molecule has 0 aliphatic heterocycles. The molecule has 0 amide bonds. The van der Waals surface area contributed by atoms with Gasteiger partial charge in [-0.25, -0.2) is 4.98 Å². The molecule has 0 bridgehead atoms. The third-order valence-electron chi connectivity index (χ3n) is 2.73. The molecule has 0 spiro atoms. The van der Waals surface area contributed by atoms with Crippen LogP contribution in [0.15, 0.2) is 23.6 Å². The molecule has 0 saturated heterocycles. The molecular weight excluding hydrogens is 260 g/mol. The van der Waals surface area contributed by atoms with Crippen molar-refractivity contribution in [3.63, 3.8) is 0 Å². The molecule has 4 nitrogen and oxygen atoms in total. The van der Waals surface area contributed by atoms with Crippen molar-refractivity contribution in [3.8, 4) is 11.5 Å². The van der Waals surface area contributed by atoms with E-state index in [9.17, 15) is 0 Å². The van der Waals surface area contributed by atoms with Gasteiger partial charge in [0.1, 0.15) is 11.6 Å². The summed E-state index contributed by atoms with van der Waals surface area (Å²) in [6, 6.07) is 5.73. The van der Waals surface area contributed by atoms with Gasteiger partial charge in [-0.3, -0.25) is 0 Å². The van der Waals surface area contributed by atoms with E-state index in [2.05, 4.69) is 4.98 Å². The van der Waals surface area contributed by atoms with Crippen LogP contribution >= 0.6 is 11.3 Å². The number of rotatable bonds is 5. The zero-order valence-corrected chi connectivity index (χ0v) is 12.2. The molecule has 1 aromatic heterocycles. The molecule has 19 heavy (non-hydrogen) atoms. The van der Waals surface area contributed by atoms with E-state index in [4.69, 9.17) is 15.2 Å². The summed E-state index contributed by atoms with van der Waals surface area (Å²) >= 11 is 1.59. The van der Waals surface area contributed by atoms with Crippen LogP contribution in [0.1, 0.15) is 29.2 Å². The molecule has 2 rings (SSSR count). The molecule has 0 radical (unpaired) electrons. The summed E-state index contributed by atoms with van der Waals surface area (Å²) in [5, 5.41) is 2.96. The second-order valence-corrected chi connectivity index (χ2v) is 5.31. The van der Waals surface area contributed by atoms with E-state index >= 15 is 0 Å². The minimum absolute atomic E-state index is 0.0236. The summed E-state index contributed by atoms with van der Waals surface area (Å²) in [6.45, 7) is 4.36. The van der Waals surface area contributed by atoms with E-state index in [1.807, 2.05) is 37.4 Å². The highest BCUT2D eigenvalue weighted by Crippen LogP contribution is 2.30. The van der Waals surface area contributed by atoms with Crippen molar-refractivity contribution in [2.45, 2.75) is 26.5 Å². The van der Waals surface area contributed by atoms with Crippen LogP contribution in [0.3, 0.4) is 0 Å². The number of hydrogen-bond acceptors (Lipinski definition) is 5. The molecule has 1 aromatic carbocycles. The van der Waals surface area contributed by atoms with Crippen molar-refractivity contribution < 1.29 is 9.47 Å². The highest BCUT2D eigenvalue weighted by atomic mass is 32.1. The maximum Gasteiger partial charge on any atom is 0.161 e. The number of nitrogens with two attached hydrogens (primary N) is 1. The van der Waals surface area contributed by atoms with Crippen LogP contribution in [0.4, 0.5) is 0 Å². The van der Waals surface area contributed by atoms with Gasteiger partial charge in [-0.2, -0.15) is 0 Å². The van der Waals surface area contributed by atoms with E-state index in [0.29, 0.717) is 18.1 Å². The van der Waals surface area contributed by atoms with Gasteiger partial charge in [0.2, 0.25) is 0 Å². The van der Waals surface area contributed by atoms with E-state index in [1.54, 1.807) is 18.4 Å². The molecule has 0 aliphatic rings. The van der Waals surface area contributed by atoms with Crippen LogP contribution < -0.4 is 15.2 Å². The maximum atomic E-state index is 5.85. The first-order valence-corrected chi connectivity index (χ1v) is 6.95. The SMILES string of the molecule is COc1cc([C@@H](C)N)ccc1OCc1nc(C)cs1. The Labute approximate surface area is 117 Å². The van der Waals surface area contributed by atoms with Crippen molar-refractivity contribution in [1.82, 2.24) is 4.98 Å². The fourth-order valence-electron chi connectivity index (χ4n) is 1.70. The molecule has 0 aliphatic carbocycles. The lowest BCUT2D eigenvalue weighted by molar-refractivity contribution is 0.283. The predicted octanol–water partition coefficient (Wildman–Crippen LogP) is 3.06. The first-order chi connectivity index (χ1) is 9.10. The summed E-state index contributed by atoms with van der Waals surface area (Å²) in [5.74, 6) is 1.41.